The van der Waals surface area contributed by atoms with E-state index in [4.69, 9.17) is 9.47 Å². The van der Waals surface area contributed by atoms with E-state index in [9.17, 15) is 14.4 Å². The van der Waals surface area contributed by atoms with Crippen LogP contribution in [-0.2, 0) is 19.1 Å². The summed E-state index contributed by atoms with van der Waals surface area (Å²) in [4.78, 5) is 43.2. The van der Waals surface area contributed by atoms with Gasteiger partial charge in [-0.05, 0) is 24.3 Å². The van der Waals surface area contributed by atoms with Crippen molar-refractivity contribution in [3.63, 3.8) is 0 Å². The number of carbonyl (C=O) groups is 3. The number of anilines is 2. The minimum absolute atomic E-state index is 0.000477. The van der Waals surface area contributed by atoms with Crippen LogP contribution in [0.4, 0.5) is 10.8 Å². The molecule has 0 saturated carbocycles. The van der Waals surface area contributed by atoms with Gasteiger partial charge in [0, 0.05) is 17.8 Å². The molecular formula is C20H17N3O5S. The van der Waals surface area contributed by atoms with Gasteiger partial charge >= 0.3 is 11.9 Å². The van der Waals surface area contributed by atoms with Crippen molar-refractivity contribution in [1.29, 1.82) is 0 Å². The number of esters is 2. The van der Waals surface area contributed by atoms with Gasteiger partial charge in [-0.15, -0.1) is 11.3 Å². The fraction of sp³-hybridized carbons (Fsp3) is 0.100. The van der Waals surface area contributed by atoms with Crippen molar-refractivity contribution < 1.29 is 23.9 Å². The maximum Gasteiger partial charge on any atom is 0.355 e. The summed E-state index contributed by atoms with van der Waals surface area (Å²) in [5, 5.41) is 4.90. The fourth-order valence-corrected chi connectivity index (χ4v) is 3.20. The standard InChI is InChI=1S/C20H17N3O5S/c1-27-18(25)14-8-5-6-11-23(16(14)19(26)28-2)15-9-4-3-7-13(15)17(24)22-20-21-10-12-29-20/h3-12H,1-2H3,(H,21,22,24). The minimum atomic E-state index is -0.753. The van der Waals surface area contributed by atoms with E-state index >= 15 is 0 Å². The molecule has 1 aliphatic rings. The Hall–Kier alpha value is -3.72. The fourth-order valence-electron chi connectivity index (χ4n) is 2.68. The number of hydrogen-bond acceptors (Lipinski definition) is 8. The van der Waals surface area contributed by atoms with Crippen LogP contribution in [0.5, 0.6) is 0 Å². The predicted molar refractivity (Wildman–Crippen MR) is 108 cm³/mol. The van der Waals surface area contributed by atoms with Crippen LogP contribution in [0.2, 0.25) is 0 Å². The van der Waals surface area contributed by atoms with E-state index in [0.717, 1.165) is 0 Å². The van der Waals surface area contributed by atoms with Crippen molar-refractivity contribution in [2.24, 2.45) is 0 Å². The third-order valence-electron chi connectivity index (χ3n) is 3.95. The van der Waals surface area contributed by atoms with Crippen LogP contribution < -0.4 is 10.2 Å². The summed E-state index contributed by atoms with van der Waals surface area (Å²) in [6.07, 6.45) is 7.82. The van der Waals surface area contributed by atoms with E-state index in [1.54, 1.807) is 54.2 Å². The highest BCUT2D eigenvalue weighted by atomic mass is 32.1. The second-order valence-corrected chi connectivity index (χ2v) is 6.52. The zero-order valence-corrected chi connectivity index (χ0v) is 16.4. The van der Waals surface area contributed by atoms with E-state index in [-0.39, 0.29) is 16.8 Å². The number of methoxy groups -OCH3 is 2. The van der Waals surface area contributed by atoms with Crippen LogP contribution in [0.25, 0.3) is 0 Å². The van der Waals surface area contributed by atoms with Gasteiger partial charge in [0.15, 0.2) is 5.13 Å². The molecule has 9 heteroatoms. The van der Waals surface area contributed by atoms with Crippen molar-refractivity contribution in [3.8, 4) is 0 Å². The summed E-state index contributed by atoms with van der Waals surface area (Å²) in [5.74, 6) is -1.87. The van der Waals surface area contributed by atoms with Gasteiger partial charge in [0.1, 0.15) is 5.70 Å². The average molecular weight is 411 g/mol. The molecule has 0 radical (unpaired) electrons. The second-order valence-electron chi connectivity index (χ2n) is 5.62. The topological polar surface area (TPSA) is 97.8 Å². The molecule has 1 aromatic heterocycles. The predicted octanol–water partition coefficient (Wildman–Crippen LogP) is 2.89. The molecule has 29 heavy (non-hydrogen) atoms. The molecule has 1 aromatic carbocycles. The first-order chi connectivity index (χ1) is 14.1. The smallest absolute Gasteiger partial charge is 0.355 e. The van der Waals surface area contributed by atoms with Crippen LogP contribution in [0.15, 0.2) is 71.5 Å². The van der Waals surface area contributed by atoms with Gasteiger partial charge < -0.3 is 14.4 Å². The third-order valence-corrected chi connectivity index (χ3v) is 4.64. The number of benzene rings is 1. The molecule has 0 aliphatic carbocycles. The highest BCUT2D eigenvalue weighted by Crippen LogP contribution is 2.30. The number of nitrogens with one attached hydrogen (secondary N) is 1. The molecular weight excluding hydrogens is 394 g/mol. The lowest BCUT2D eigenvalue weighted by atomic mass is 10.1. The van der Waals surface area contributed by atoms with E-state index in [0.29, 0.717) is 10.8 Å². The number of thiazole rings is 1. The Bertz CT molecular complexity index is 1020. The van der Waals surface area contributed by atoms with Crippen molar-refractivity contribution in [2.45, 2.75) is 0 Å². The molecule has 0 spiro atoms. The number of allylic oxidation sites excluding steroid dienone is 2. The number of para-hydroxylation sites is 1. The summed E-state index contributed by atoms with van der Waals surface area (Å²) < 4.78 is 9.69. The lowest BCUT2D eigenvalue weighted by Crippen LogP contribution is -2.28. The largest absolute Gasteiger partial charge is 0.465 e. The molecule has 1 aliphatic heterocycles. The molecule has 148 valence electrons. The van der Waals surface area contributed by atoms with E-state index < -0.39 is 17.8 Å². The molecule has 0 atom stereocenters. The Morgan fingerprint density at radius 2 is 1.83 bits per heavy atom. The van der Waals surface area contributed by atoms with Gasteiger partial charge in [0.2, 0.25) is 0 Å². The molecule has 8 nitrogen and oxygen atoms in total. The summed E-state index contributed by atoms with van der Waals surface area (Å²) in [5.41, 5.74) is 0.585. The lowest BCUT2D eigenvalue weighted by Gasteiger charge is -2.25. The third kappa shape index (κ3) is 4.25. The number of rotatable bonds is 5. The first kappa shape index (κ1) is 20.0. The second kappa shape index (κ2) is 8.98. The Morgan fingerprint density at radius 3 is 2.52 bits per heavy atom. The summed E-state index contributed by atoms with van der Waals surface area (Å²) in [6.45, 7) is 0. The highest BCUT2D eigenvalue weighted by molar-refractivity contribution is 7.13. The first-order valence-electron chi connectivity index (χ1n) is 8.41. The van der Waals surface area contributed by atoms with Gasteiger partial charge in [-0.2, -0.15) is 0 Å². The quantitative estimate of drug-likeness (QED) is 0.756. The van der Waals surface area contributed by atoms with Gasteiger partial charge in [-0.3, -0.25) is 10.1 Å². The zero-order chi connectivity index (χ0) is 20.8. The summed E-state index contributed by atoms with van der Waals surface area (Å²) in [7, 11) is 2.43. The molecule has 0 bridgehead atoms. The molecule has 0 fully saturated rings. The molecule has 0 saturated heterocycles. The molecule has 0 unspecified atom stereocenters. The summed E-state index contributed by atoms with van der Waals surface area (Å²) in [6, 6.07) is 6.68. The Kier molecular flexibility index (Phi) is 6.20. The summed E-state index contributed by atoms with van der Waals surface area (Å²) >= 11 is 1.28. The van der Waals surface area contributed by atoms with E-state index in [1.807, 2.05) is 0 Å². The van der Waals surface area contributed by atoms with E-state index in [1.165, 1.54) is 36.5 Å². The minimum Gasteiger partial charge on any atom is -0.465 e. The van der Waals surface area contributed by atoms with Crippen LogP contribution in [-0.4, -0.2) is 37.0 Å². The number of nitrogens with zero attached hydrogens (tertiary/aromatic N) is 2. The Morgan fingerprint density at radius 1 is 1.07 bits per heavy atom. The van der Waals surface area contributed by atoms with Crippen LogP contribution in [0.1, 0.15) is 10.4 Å². The van der Waals surface area contributed by atoms with Crippen LogP contribution in [0, 0.1) is 0 Å². The first-order valence-corrected chi connectivity index (χ1v) is 9.29. The molecule has 3 rings (SSSR count). The van der Waals surface area contributed by atoms with Gasteiger partial charge in [-0.25, -0.2) is 14.6 Å². The highest BCUT2D eigenvalue weighted by Gasteiger charge is 2.29. The Balaban J connectivity index is 2.12. The van der Waals surface area contributed by atoms with E-state index in [2.05, 4.69) is 10.3 Å². The van der Waals surface area contributed by atoms with Crippen molar-refractivity contribution in [3.05, 3.63) is 77.1 Å². The van der Waals surface area contributed by atoms with Gasteiger partial charge in [0.05, 0.1) is 31.0 Å². The number of ether oxygens (including phenoxy) is 2. The van der Waals surface area contributed by atoms with Crippen molar-refractivity contribution in [1.82, 2.24) is 4.98 Å². The van der Waals surface area contributed by atoms with Gasteiger partial charge in [-0.1, -0.05) is 18.2 Å². The normalized spacial score (nSPS) is 13.1. The number of aromatic nitrogens is 1. The number of amides is 1. The maximum atomic E-state index is 12.8. The molecule has 2 aromatic rings. The number of hydrogen-bond donors (Lipinski definition) is 1. The zero-order valence-electron chi connectivity index (χ0n) is 15.6. The SMILES string of the molecule is COC(=O)C1=C(C(=O)OC)N(c2ccccc2C(=O)Nc2nccs2)C=CC=C1. The molecule has 2 heterocycles. The van der Waals surface area contributed by atoms with Crippen molar-refractivity contribution in [2.75, 3.05) is 24.4 Å². The lowest BCUT2D eigenvalue weighted by molar-refractivity contribution is -0.139. The van der Waals surface area contributed by atoms with Crippen molar-refractivity contribution >= 4 is 40.0 Å². The Labute approximate surface area is 170 Å². The molecule has 1 N–H and O–H groups in total. The van der Waals surface area contributed by atoms with Gasteiger partial charge in [0.25, 0.3) is 5.91 Å². The monoisotopic (exact) mass is 411 g/mol. The average Bonchev–Trinajstić information content (AvgIpc) is 3.15. The van der Waals surface area contributed by atoms with Crippen LogP contribution in [0.3, 0.4) is 0 Å². The maximum absolute atomic E-state index is 12.8. The molecule has 1 amide bonds. The van der Waals surface area contributed by atoms with Crippen LogP contribution >= 0.6 is 11.3 Å². The number of carbonyl (C=O) groups excluding carboxylic acids is 3.